The van der Waals surface area contributed by atoms with E-state index in [1.165, 1.54) is 0 Å². The van der Waals surface area contributed by atoms with E-state index < -0.39 is 11.4 Å². The maximum absolute atomic E-state index is 12.5. The van der Waals surface area contributed by atoms with E-state index in [1.54, 1.807) is 0 Å². The predicted octanol–water partition coefficient (Wildman–Crippen LogP) is 1.85. The maximum Gasteiger partial charge on any atom is 0.311 e. The monoisotopic (exact) mass is 380 g/mol. The first-order valence-corrected chi connectivity index (χ1v) is 10.4. The van der Waals surface area contributed by atoms with Crippen LogP contribution in [0.15, 0.2) is 0 Å². The van der Waals surface area contributed by atoms with Crippen LogP contribution in [-0.4, -0.2) is 48.7 Å². The second kappa shape index (κ2) is 9.04. The van der Waals surface area contributed by atoms with Crippen LogP contribution < -0.4 is 10.6 Å². The van der Waals surface area contributed by atoms with Crippen molar-refractivity contribution in [2.75, 3.05) is 19.8 Å². The van der Waals surface area contributed by atoms with Gasteiger partial charge in [-0.2, -0.15) is 0 Å². The van der Waals surface area contributed by atoms with Crippen LogP contribution in [0, 0.1) is 17.3 Å². The van der Waals surface area contributed by atoms with Gasteiger partial charge < -0.3 is 20.5 Å². The summed E-state index contributed by atoms with van der Waals surface area (Å²) in [7, 11) is 0. The minimum atomic E-state index is -0.902. The summed E-state index contributed by atoms with van der Waals surface area (Å²) in [6.07, 6.45) is 8.27. The molecular weight excluding hydrogens is 348 g/mol. The molecule has 1 heterocycles. The van der Waals surface area contributed by atoms with Crippen molar-refractivity contribution in [2.24, 2.45) is 17.3 Å². The third kappa shape index (κ3) is 5.00. The number of hydrogen-bond acceptors (Lipinski definition) is 4. The third-order valence-electron chi connectivity index (χ3n) is 6.67. The number of amides is 2. The van der Waals surface area contributed by atoms with Gasteiger partial charge in [0.1, 0.15) is 0 Å². The van der Waals surface area contributed by atoms with Gasteiger partial charge in [0.15, 0.2) is 0 Å². The highest BCUT2D eigenvalue weighted by molar-refractivity contribution is 5.81. The lowest BCUT2D eigenvalue weighted by atomic mass is 9.79. The molecule has 7 nitrogen and oxygen atoms in total. The second-order valence-electron chi connectivity index (χ2n) is 8.45. The molecule has 27 heavy (non-hydrogen) atoms. The van der Waals surface area contributed by atoms with Gasteiger partial charge in [0.2, 0.25) is 11.8 Å². The highest BCUT2D eigenvalue weighted by Crippen LogP contribution is 2.31. The summed E-state index contributed by atoms with van der Waals surface area (Å²) >= 11 is 0. The fraction of sp³-hybridized carbons (Fsp3) is 0.850. The van der Waals surface area contributed by atoms with Gasteiger partial charge in [-0.3, -0.25) is 14.4 Å². The van der Waals surface area contributed by atoms with Crippen LogP contribution in [0.5, 0.6) is 0 Å². The molecule has 3 rings (SSSR count). The number of carboxylic acid groups (broad SMARTS) is 1. The number of ether oxygens (including phenoxy) is 1. The highest BCUT2D eigenvalue weighted by atomic mass is 16.5. The molecule has 152 valence electrons. The van der Waals surface area contributed by atoms with E-state index in [9.17, 15) is 19.5 Å². The molecule has 0 aromatic heterocycles. The topological polar surface area (TPSA) is 105 Å². The Morgan fingerprint density at radius 1 is 0.889 bits per heavy atom. The fourth-order valence-corrected chi connectivity index (χ4v) is 4.64. The molecule has 7 heteroatoms. The van der Waals surface area contributed by atoms with E-state index >= 15 is 0 Å². The average molecular weight is 380 g/mol. The van der Waals surface area contributed by atoms with E-state index in [2.05, 4.69) is 10.6 Å². The predicted molar refractivity (Wildman–Crippen MR) is 99.0 cm³/mol. The van der Waals surface area contributed by atoms with E-state index in [4.69, 9.17) is 4.74 Å². The summed E-state index contributed by atoms with van der Waals surface area (Å²) in [5.74, 6) is -0.636. The Morgan fingerprint density at radius 2 is 1.48 bits per heavy atom. The van der Waals surface area contributed by atoms with Gasteiger partial charge in [-0.05, 0) is 51.4 Å². The number of carbonyl (C=O) groups is 3. The van der Waals surface area contributed by atoms with E-state index in [0.717, 1.165) is 51.4 Å². The Morgan fingerprint density at radius 3 is 2.07 bits per heavy atom. The van der Waals surface area contributed by atoms with E-state index in [1.807, 2.05) is 0 Å². The van der Waals surface area contributed by atoms with Crippen LogP contribution in [0.3, 0.4) is 0 Å². The van der Waals surface area contributed by atoms with Crippen LogP contribution in [-0.2, 0) is 19.1 Å². The SMILES string of the molecule is O=C(NCC1(C(=O)O)CCOCC1)C1CCC(NC(=O)C2CCCC2)CC1. The van der Waals surface area contributed by atoms with Crippen LogP contribution in [0.2, 0.25) is 0 Å². The van der Waals surface area contributed by atoms with Crippen molar-refractivity contribution in [3.05, 3.63) is 0 Å². The Labute approximate surface area is 160 Å². The minimum absolute atomic E-state index is 0.0531. The molecule has 3 N–H and O–H groups in total. The molecule has 0 aromatic carbocycles. The molecule has 3 fully saturated rings. The van der Waals surface area contributed by atoms with Crippen molar-refractivity contribution in [2.45, 2.75) is 70.3 Å². The summed E-state index contributed by atoms with van der Waals surface area (Å²) in [6, 6.07) is 0.169. The molecule has 0 bridgehead atoms. The first-order valence-electron chi connectivity index (χ1n) is 10.4. The van der Waals surface area contributed by atoms with E-state index in [0.29, 0.717) is 26.1 Å². The molecule has 2 aliphatic carbocycles. The van der Waals surface area contributed by atoms with Crippen molar-refractivity contribution in [1.82, 2.24) is 10.6 Å². The van der Waals surface area contributed by atoms with Crippen molar-refractivity contribution in [3.63, 3.8) is 0 Å². The average Bonchev–Trinajstić information content (AvgIpc) is 3.22. The number of aliphatic carboxylic acids is 1. The van der Waals surface area contributed by atoms with Gasteiger partial charge in [0, 0.05) is 37.6 Å². The molecule has 1 saturated heterocycles. The highest BCUT2D eigenvalue weighted by Gasteiger charge is 2.41. The lowest BCUT2D eigenvalue weighted by Crippen LogP contribution is -2.48. The zero-order valence-corrected chi connectivity index (χ0v) is 16.0. The van der Waals surface area contributed by atoms with Crippen LogP contribution in [0.4, 0.5) is 0 Å². The Hall–Kier alpha value is -1.63. The number of carboxylic acids is 1. The molecule has 1 aliphatic heterocycles. The largest absolute Gasteiger partial charge is 0.481 e. The maximum atomic E-state index is 12.5. The summed E-state index contributed by atoms with van der Waals surface area (Å²) in [4.78, 5) is 36.4. The summed E-state index contributed by atoms with van der Waals surface area (Å²) in [6.45, 7) is 1.02. The molecular formula is C20H32N2O5. The molecule has 3 aliphatic rings. The number of nitrogens with one attached hydrogen (secondary N) is 2. The Bertz CT molecular complexity index is 545. The molecule has 2 amide bonds. The first-order chi connectivity index (χ1) is 13.0. The molecule has 0 atom stereocenters. The van der Waals surface area contributed by atoms with Crippen molar-refractivity contribution >= 4 is 17.8 Å². The van der Waals surface area contributed by atoms with Crippen LogP contribution in [0.25, 0.3) is 0 Å². The quantitative estimate of drug-likeness (QED) is 0.652. The van der Waals surface area contributed by atoms with Gasteiger partial charge in [-0.15, -0.1) is 0 Å². The molecule has 0 radical (unpaired) electrons. The van der Waals surface area contributed by atoms with Gasteiger partial charge in [0.05, 0.1) is 5.41 Å². The summed E-state index contributed by atoms with van der Waals surface area (Å²) in [5.41, 5.74) is -0.902. The molecule has 0 unspecified atom stereocenters. The lowest BCUT2D eigenvalue weighted by molar-refractivity contribution is -0.154. The summed E-state index contributed by atoms with van der Waals surface area (Å²) < 4.78 is 5.27. The number of carbonyl (C=O) groups excluding carboxylic acids is 2. The molecule has 2 saturated carbocycles. The van der Waals surface area contributed by atoms with Crippen molar-refractivity contribution in [1.29, 1.82) is 0 Å². The smallest absolute Gasteiger partial charge is 0.311 e. The van der Waals surface area contributed by atoms with Crippen molar-refractivity contribution in [3.8, 4) is 0 Å². The lowest BCUT2D eigenvalue weighted by Gasteiger charge is -2.34. The number of hydrogen-bond donors (Lipinski definition) is 3. The first kappa shape index (κ1) is 20.1. The molecule has 0 spiro atoms. The summed E-state index contributed by atoms with van der Waals surface area (Å²) in [5, 5.41) is 15.6. The Kier molecular flexibility index (Phi) is 6.73. The van der Waals surface area contributed by atoms with Gasteiger partial charge in [0.25, 0.3) is 0 Å². The van der Waals surface area contributed by atoms with Crippen LogP contribution in [0.1, 0.15) is 64.2 Å². The van der Waals surface area contributed by atoms with Gasteiger partial charge in [-0.1, -0.05) is 12.8 Å². The van der Waals surface area contributed by atoms with E-state index in [-0.39, 0.29) is 36.2 Å². The number of rotatable bonds is 6. The van der Waals surface area contributed by atoms with Crippen molar-refractivity contribution < 1.29 is 24.2 Å². The van der Waals surface area contributed by atoms with Crippen LogP contribution >= 0.6 is 0 Å². The standard InChI is InChI=1S/C20H32N2O5/c23-17(21-13-20(19(25)26)9-11-27-12-10-20)15-5-7-16(8-6-15)22-18(24)14-3-1-2-4-14/h14-16H,1-13H2,(H,21,23)(H,22,24)(H,25,26). The zero-order valence-electron chi connectivity index (χ0n) is 16.0. The molecule has 0 aromatic rings. The minimum Gasteiger partial charge on any atom is -0.481 e. The normalized spacial score (nSPS) is 28.4. The second-order valence-corrected chi connectivity index (χ2v) is 8.45. The zero-order chi connectivity index (χ0) is 19.3. The fourth-order valence-electron chi connectivity index (χ4n) is 4.64. The van der Waals surface area contributed by atoms with Gasteiger partial charge >= 0.3 is 5.97 Å². The van der Waals surface area contributed by atoms with Gasteiger partial charge in [-0.25, -0.2) is 0 Å². The Balaban J connectivity index is 1.41. The third-order valence-corrected chi connectivity index (χ3v) is 6.67.